The van der Waals surface area contributed by atoms with Crippen LogP contribution >= 0.6 is 22.9 Å². The normalized spacial score (nSPS) is 33.9. The van der Waals surface area contributed by atoms with E-state index in [1.165, 1.54) is 25.0 Å². The summed E-state index contributed by atoms with van der Waals surface area (Å²) in [4.78, 5) is 27.8. The monoisotopic (exact) mass is 773 g/mol. The van der Waals surface area contributed by atoms with Crippen LogP contribution in [0, 0.1) is 46.1 Å². The Morgan fingerprint density at radius 2 is 1.98 bits per heavy atom. The summed E-state index contributed by atoms with van der Waals surface area (Å²) in [6, 6.07) is 6.62. The van der Waals surface area contributed by atoms with Crippen molar-refractivity contribution in [2.24, 2.45) is 23.2 Å². The molecule has 7 aliphatic heterocycles. The van der Waals surface area contributed by atoms with E-state index < -0.39 is 23.3 Å². The number of nitrogens with two attached hydrogens (primary N) is 1. The number of aromatic nitrogens is 2. The molecule has 3 aliphatic carbocycles. The summed E-state index contributed by atoms with van der Waals surface area (Å²) in [5, 5.41) is 14.3. The maximum absolute atomic E-state index is 17.4. The van der Waals surface area contributed by atoms with Crippen molar-refractivity contribution in [2.45, 2.75) is 81.1 Å². The number of nitriles is 1. The lowest BCUT2D eigenvalue weighted by atomic mass is 9.40. The third-order valence-electron chi connectivity index (χ3n) is 14.1. The topological polar surface area (TPSA) is 130 Å². The zero-order valence-corrected chi connectivity index (χ0v) is 31.1. The van der Waals surface area contributed by atoms with Crippen LogP contribution in [0.2, 0.25) is 5.02 Å². The first-order valence-corrected chi connectivity index (χ1v) is 20.4. The number of nitrogens with one attached hydrogen (secondary N) is 1. The van der Waals surface area contributed by atoms with E-state index in [1.807, 2.05) is 0 Å². The predicted octanol–water partition coefficient (Wildman–Crippen LogP) is 6.94. The summed E-state index contributed by atoms with van der Waals surface area (Å²) in [5.41, 5.74) is 6.61. The van der Waals surface area contributed by atoms with Gasteiger partial charge in [-0.3, -0.25) is 15.0 Å². The van der Waals surface area contributed by atoms with Crippen LogP contribution < -0.4 is 15.8 Å². The minimum absolute atomic E-state index is 0.0141. The molecule has 10 aliphatic rings. The van der Waals surface area contributed by atoms with Crippen molar-refractivity contribution in [3.8, 4) is 23.2 Å². The Kier molecular flexibility index (Phi) is 7.26. The number of benzene rings is 2. The molecule has 10 fully saturated rings. The number of amides is 1. The van der Waals surface area contributed by atoms with Crippen molar-refractivity contribution in [2.75, 3.05) is 38.5 Å². The molecule has 14 rings (SSSR count). The molecule has 4 aromatic rings. The van der Waals surface area contributed by atoms with Crippen LogP contribution in [0.5, 0.6) is 6.01 Å². The van der Waals surface area contributed by atoms with Crippen LogP contribution in [0.3, 0.4) is 0 Å². The number of hydrogen-bond acceptors (Lipinski definition) is 9. The molecule has 9 heterocycles. The molecule has 14 heteroatoms. The average Bonchev–Trinajstić information content (AvgIpc) is 3.99. The summed E-state index contributed by atoms with van der Waals surface area (Å²) in [7, 11) is 0. The summed E-state index contributed by atoms with van der Waals surface area (Å²) in [6.45, 7) is 2.72. The molecule has 2 aromatic carbocycles. The lowest BCUT2D eigenvalue weighted by molar-refractivity contribution is -0.157. The Balaban J connectivity index is 1.03. The Labute approximate surface area is 319 Å². The van der Waals surface area contributed by atoms with E-state index in [0.717, 1.165) is 56.5 Å². The van der Waals surface area contributed by atoms with Gasteiger partial charge in [0, 0.05) is 54.4 Å². The van der Waals surface area contributed by atoms with E-state index in [2.05, 4.69) is 21.2 Å². The molecule has 280 valence electrons. The number of carbonyl (C=O) groups excluding carboxylic acids is 1. The van der Waals surface area contributed by atoms with Crippen molar-refractivity contribution in [1.29, 1.82) is 5.26 Å². The number of nitrogens with zero attached hydrogens (tertiary/aromatic N) is 5. The van der Waals surface area contributed by atoms with Gasteiger partial charge in [0.15, 0.2) is 5.82 Å². The van der Waals surface area contributed by atoms with Gasteiger partial charge in [-0.05, 0) is 92.4 Å². The fourth-order valence-electron chi connectivity index (χ4n) is 11.6. The standard InChI is InChI=1S/C40H39ClF3N7O2S/c41-25-8-23-32(29-20-11-39(29)9-18(10-39)14-50(15-20)37(52)34-31(47-34)19-2-3-19)48-38(53-17-40-6-1-7-51(40)16-21(42)12-40)49-33(23)30(44)28(25)22-4-5-26(43)35-27(22)24(13-45)36(46)54-35/h4-5,8,18-21,29,31,34,47H,1-3,6-7,9-12,14-17,46H2/t18?,20?,21-,29?,31-,34-,39?,40+/m1/s1. The quantitative estimate of drug-likeness (QED) is 0.193. The van der Waals surface area contributed by atoms with Crippen LogP contribution in [0.15, 0.2) is 18.2 Å². The number of thiophene rings is 1. The fourth-order valence-corrected chi connectivity index (χ4v) is 12.9. The highest BCUT2D eigenvalue weighted by Crippen LogP contribution is 2.70. The SMILES string of the molecule is N#Cc1c(N)sc2c(F)ccc(-c3c(Cl)cc4c(C5C6CN(C(=O)[C@@H]7N[C@@H]7C7CC7)CC7CC5(C7)C6)nc(OC[C@@]56CCCN5C[C@H](F)C6)nc4c3F)c12. The second-order valence-electron chi connectivity index (χ2n) is 17.3. The van der Waals surface area contributed by atoms with Gasteiger partial charge in [-0.15, -0.1) is 11.3 Å². The van der Waals surface area contributed by atoms with Gasteiger partial charge < -0.3 is 15.4 Å². The molecule has 1 amide bonds. The largest absolute Gasteiger partial charge is 0.461 e. The van der Waals surface area contributed by atoms with Crippen molar-refractivity contribution in [1.82, 2.24) is 25.1 Å². The average molecular weight is 774 g/mol. The van der Waals surface area contributed by atoms with E-state index >= 15 is 8.78 Å². The highest BCUT2D eigenvalue weighted by molar-refractivity contribution is 7.23. The van der Waals surface area contributed by atoms with E-state index in [-0.39, 0.29) is 84.1 Å². The zero-order valence-electron chi connectivity index (χ0n) is 29.5. The molecule has 6 atom stereocenters. The number of carbonyl (C=O) groups is 1. The number of hydrogen-bond donors (Lipinski definition) is 2. The molecule has 1 spiro atoms. The molecular weight excluding hydrogens is 735 g/mol. The molecule has 0 radical (unpaired) electrons. The highest BCUT2D eigenvalue weighted by Gasteiger charge is 2.64. The van der Waals surface area contributed by atoms with Crippen LogP contribution in [0.1, 0.15) is 68.5 Å². The maximum atomic E-state index is 17.4. The summed E-state index contributed by atoms with van der Waals surface area (Å²) in [5.74, 6) is -0.0776. The van der Waals surface area contributed by atoms with Gasteiger partial charge in [-0.2, -0.15) is 15.2 Å². The van der Waals surface area contributed by atoms with Gasteiger partial charge in [-0.25, -0.2) is 13.2 Å². The Hall–Kier alpha value is -3.70. The minimum Gasteiger partial charge on any atom is -0.461 e. The third kappa shape index (κ3) is 4.85. The van der Waals surface area contributed by atoms with E-state index in [0.29, 0.717) is 48.5 Å². The van der Waals surface area contributed by atoms with Gasteiger partial charge in [-0.1, -0.05) is 17.7 Å². The third-order valence-corrected chi connectivity index (χ3v) is 15.4. The number of halogens is 4. The molecule has 54 heavy (non-hydrogen) atoms. The number of nitrogen functional groups attached to an aromatic ring is 1. The van der Waals surface area contributed by atoms with Gasteiger partial charge in [0.2, 0.25) is 5.91 Å². The second kappa shape index (κ2) is 11.7. The van der Waals surface area contributed by atoms with Gasteiger partial charge in [0.1, 0.15) is 41.2 Å². The molecule has 2 aromatic heterocycles. The van der Waals surface area contributed by atoms with Gasteiger partial charge in [0.25, 0.3) is 0 Å². The molecule has 7 saturated heterocycles. The van der Waals surface area contributed by atoms with Gasteiger partial charge >= 0.3 is 6.01 Å². The smallest absolute Gasteiger partial charge is 0.317 e. The Bertz CT molecular complexity index is 2340. The van der Waals surface area contributed by atoms with E-state index in [1.54, 1.807) is 6.07 Å². The van der Waals surface area contributed by atoms with Crippen LogP contribution in [0.25, 0.3) is 32.1 Å². The lowest BCUT2D eigenvalue weighted by Gasteiger charge is -2.66. The van der Waals surface area contributed by atoms with Gasteiger partial charge in [0.05, 0.1) is 26.5 Å². The predicted molar refractivity (Wildman–Crippen MR) is 199 cm³/mol. The number of rotatable bonds is 7. The summed E-state index contributed by atoms with van der Waals surface area (Å²) in [6.07, 6.45) is 6.40. The van der Waals surface area contributed by atoms with E-state index in [9.17, 15) is 14.4 Å². The molecule has 3 N–H and O–H groups in total. The first-order chi connectivity index (χ1) is 26.1. The van der Waals surface area contributed by atoms with Crippen LogP contribution in [0.4, 0.5) is 18.2 Å². The van der Waals surface area contributed by atoms with Crippen molar-refractivity contribution in [3.63, 3.8) is 0 Å². The fraction of sp³-hybridized carbons (Fsp3) is 0.550. The molecular formula is C40H39ClF3N7O2S. The van der Waals surface area contributed by atoms with Crippen molar-refractivity contribution >= 4 is 54.8 Å². The van der Waals surface area contributed by atoms with Crippen LogP contribution in [-0.4, -0.2) is 82.3 Å². The molecule has 9 nitrogen and oxygen atoms in total. The second-order valence-corrected chi connectivity index (χ2v) is 18.7. The number of fused-ring (bicyclic) bond motifs is 3. The lowest BCUT2D eigenvalue weighted by Crippen LogP contribution is -2.63. The Morgan fingerprint density at radius 3 is 2.78 bits per heavy atom. The van der Waals surface area contributed by atoms with Crippen molar-refractivity contribution in [3.05, 3.63) is 46.1 Å². The highest BCUT2D eigenvalue weighted by atomic mass is 35.5. The molecule has 3 bridgehead atoms. The summed E-state index contributed by atoms with van der Waals surface area (Å²) < 4.78 is 53.7. The Morgan fingerprint density at radius 1 is 1.15 bits per heavy atom. The van der Waals surface area contributed by atoms with Crippen LogP contribution in [-0.2, 0) is 4.79 Å². The van der Waals surface area contributed by atoms with Crippen molar-refractivity contribution < 1.29 is 22.7 Å². The maximum Gasteiger partial charge on any atom is 0.317 e. The first kappa shape index (κ1) is 33.6. The number of ether oxygens (including phenoxy) is 1. The summed E-state index contributed by atoms with van der Waals surface area (Å²) >= 11 is 7.96. The number of alkyl halides is 1. The minimum atomic E-state index is -0.940. The number of anilines is 1. The molecule has 3 saturated carbocycles. The molecule has 2 unspecified atom stereocenters. The first-order valence-electron chi connectivity index (χ1n) is 19.2. The zero-order chi connectivity index (χ0) is 36.8. The van der Waals surface area contributed by atoms with E-state index in [4.69, 9.17) is 32.0 Å².